The van der Waals surface area contributed by atoms with E-state index < -0.39 is 0 Å². The molecule has 4 heteroatoms. The number of ether oxygens (including phenoxy) is 2. The fourth-order valence-electron chi connectivity index (χ4n) is 1.81. The molecule has 0 aromatic rings. The normalized spacial score (nSPS) is 11.3. The van der Waals surface area contributed by atoms with Gasteiger partial charge in [-0.05, 0) is 33.2 Å². The van der Waals surface area contributed by atoms with Crippen molar-refractivity contribution in [1.29, 1.82) is 0 Å². The molecule has 1 N–H and O–H groups in total. The molecule has 0 aliphatic rings. The smallest absolute Gasteiger partial charge is 0.0593 e. The first-order valence-electron chi connectivity index (χ1n) is 7.33. The molecule has 0 rings (SSSR count). The molecule has 110 valence electrons. The summed E-state index contributed by atoms with van der Waals surface area (Å²) in [6.07, 6.45) is 4.44. The Morgan fingerprint density at radius 3 is 1.83 bits per heavy atom. The third kappa shape index (κ3) is 12.3. The molecule has 0 aromatic carbocycles. The van der Waals surface area contributed by atoms with Gasteiger partial charge in [-0.2, -0.15) is 0 Å². The van der Waals surface area contributed by atoms with Crippen molar-refractivity contribution in [2.75, 3.05) is 52.7 Å². The molecule has 0 radical (unpaired) electrons. The lowest BCUT2D eigenvalue weighted by Gasteiger charge is -2.22. The maximum Gasteiger partial charge on any atom is 0.0593 e. The van der Waals surface area contributed by atoms with Crippen LogP contribution in [0.4, 0.5) is 0 Å². The fourth-order valence-corrected chi connectivity index (χ4v) is 1.81. The average molecular weight is 261 g/mol. The molecule has 0 spiro atoms. The van der Waals surface area contributed by atoms with Crippen molar-refractivity contribution in [2.24, 2.45) is 0 Å². The Balaban J connectivity index is 3.60. The Morgan fingerprint density at radius 2 is 1.33 bits per heavy atom. The second kappa shape index (κ2) is 14.9. The van der Waals surface area contributed by atoms with Crippen molar-refractivity contribution < 1.29 is 14.6 Å². The van der Waals surface area contributed by atoms with Crippen LogP contribution >= 0.6 is 0 Å². The third-order valence-corrected chi connectivity index (χ3v) is 2.89. The Hall–Kier alpha value is -0.160. The van der Waals surface area contributed by atoms with E-state index in [2.05, 4.69) is 4.90 Å². The van der Waals surface area contributed by atoms with Gasteiger partial charge in [0.2, 0.25) is 0 Å². The molecular weight excluding hydrogens is 230 g/mol. The molecule has 0 fully saturated rings. The molecule has 0 bridgehead atoms. The first kappa shape index (κ1) is 17.8. The van der Waals surface area contributed by atoms with Crippen molar-refractivity contribution >= 4 is 0 Å². The number of rotatable bonds is 14. The maximum absolute atomic E-state index is 8.72. The Morgan fingerprint density at radius 1 is 0.778 bits per heavy atom. The van der Waals surface area contributed by atoms with Crippen LogP contribution in [-0.4, -0.2) is 62.7 Å². The van der Waals surface area contributed by atoms with Gasteiger partial charge >= 0.3 is 0 Å². The van der Waals surface area contributed by atoms with E-state index in [1.807, 2.05) is 13.8 Å². The van der Waals surface area contributed by atoms with Gasteiger partial charge in [0, 0.05) is 32.9 Å². The van der Waals surface area contributed by atoms with Crippen molar-refractivity contribution in [3.8, 4) is 0 Å². The number of hydrogen-bond acceptors (Lipinski definition) is 4. The molecule has 0 aromatic heterocycles. The summed E-state index contributed by atoms with van der Waals surface area (Å²) in [6, 6.07) is 0. The zero-order valence-electron chi connectivity index (χ0n) is 12.2. The number of unbranched alkanes of at least 4 members (excludes halogenated alkanes) is 3. The molecule has 0 saturated heterocycles. The number of aliphatic hydroxyl groups is 1. The monoisotopic (exact) mass is 261 g/mol. The van der Waals surface area contributed by atoms with Crippen molar-refractivity contribution in [3.63, 3.8) is 0 Å². The summed E-state index contributed by atoms with van der Waals surface area (Å²) in [7, 11) is 0. The van der Waals surface area contributed by atoms with E-state index in [9.17, 15) is 0 Å². The Kier molecular flexibility index (Phi) is 14.8. The van der Waals surface area contributed by atoms with E-state index in [1.165, 1.54) is 12.8 Å². The highest BCUT2D eigenvalue weighted by Crippen LogP contribution is 2.01. The molecule has 0 aliphatic carbocycles. The molecule has 18 heavy (non-hydrogen) atoms. The fraction of sp³-hybridized carbons (Fsp3) is 1.00. The summed E-state index contributed by atoms with van der Waals surface area (Å²) in [4.78, 5) is 2.41. The van der Waals surface area contributed by atoms with Gasteiger partial charge in [-0.1, -0.05) is 12.8 Å². The van der Waals surface area contributed by atoms with Gasteiger partial charge in [0.1, 0.15) is 0 Å². The van der Waals surface area contributed by atoms with E-state index in [1.54, 1.807) is 0 Å². The highest BCUT2D eigenvalue weighted by atomic mass is 16.5. The Labute approximate surface area is 112 Å². The molecular formula is C14H31NO3. The Bertz CT molecular complexity index is 146. The lowest BCUT2D eigenvalue weighted by atomic mass is 10.2. The summed E-state index contributed by atoms with van der Waals surface area (Å²) >= 11 is 0. The maximum atomic E-state index is 8.72. The third-order valence-electron chi connectivity index (χ3n) is 2.89. The first-order chi connectivity index (χ1) is 8.85. The van der Waals surface area contributed by atoms with Gasteiger partial charge in [0.05, 0.1) is 13.2 Å². The molecule has 4 nitrogen and oxygen atoms in total. The number of aliphatic hydroxyl groups excluding tert-OH is 1. The van der Waals surface area contributed by atoms with Crippen LogP contribution in [0.3, 0.4) is 0 Å². The standard InChI is InChI=1S/C14H31NO3/c1-3-17-13-10-15(11-14-18-4-2)9-7-5-6-8-12-16/h16H,3-14H2,1-2H3. The summed E-state index contributed by atoms with van der Waals surface area (Å²) < 4.78 is 10.8. The van der Waals surface area contributed by atoms with Gasteiger partial charge in [-0.15, -0.1) is 0 Å². The van der Waals surface area contributed by atoms with Gasteiger partial charge in [-0.3, -0.25) is 4.90 Å². The van der Waals surface area contributed by atoms with Crippen LogP contribution < -0.4 is 0 Å². The predicted octanol–water partition coefficient (Wildman–Crippen LogP) is 1.91. The van der Waals surface area contributed by atoms with E-state index >= 15 is 0 Å². The first-order valence-corrected chi connectivity index (χ1v) is 7.33. The van der Waals surface area contributed by atoms with Crippen LogP contribution in [0.25, 0.3) is 0 Å². The van der Waals surface area contributed by atoms with Crippen LogP contribution in [0.15, 0.2) is 0 Å². The highest BCUT2D eigenvalue weighted by molar-refractivity contribution is 4.58. The second-order valence-electron chi connectivity index (χ2n) is 4.37. The van der Waals surface area contributed by atoms with E-state index in [0.717, 1.165) is 58.9 Å². The average Bonchev–Trinajstić information content (AvgIpc) is 2.38. The lowest BCUT2D eigenvalue weighted by Crippen LogP contribution is -2.32. The molecule has 0 heterocycles. The summed E-state index contributed by atoms with van der Waals surface area (Å²) in [5.41, 5.74) is 0. The number of hydrogen-bond donors (Lipinski definition) is 1. The van der Waals surface area contributed by atoms with Gasteiger partial charge in [-0.25, -0.2) is 0 Å². The predicted molar refractivity (Wildman–Crippen MR) is 75.0 cm³/mol. The zero-order chi connectivity index (χ0) is 13.5. The minimum absolute atomic E-state index is 0.318. The zero-order valence-corrected chi connectivity index (χ0v) is 12.2. The minimum atomic E-state index is 0.318. The van der Waals surface area contributed by atoms with E-state index in [0.29, 0.717) is 6.61 Å². The minimum Gasteiger partial charge on any atom is -0.396 e. The van der Waals surface area contributed by atoms with Crippen molar-refractivity contribution in [2.45, 2.75) is 39.5 Å². The second-order valence-corrected chi connectivity index (χ2v) is 4.37. The largest absolute Gasteiger partial charge is 0.396 e. The highest BCUT2D eigenvalue weighted by Gasteiger charge is 2.04. The van der Waals surface area contributed by atoms with E-state index in [4.69, 9.17) is 14.6 Å². The van der Waals surface area contributed by atoms with Crippen LogP contribution in [0.2, 0.25) is 0 Å². The van der Waals surface area contributed by atoms with Crippen LogP contribution in [0.5, 0.6) is 0 Å². The molecule has 0 aliphatic heterocycles. The topological polar surface area (TPSA) is 41.9 Å². The summed E-state index contributed by atoms with van der Waals surface area (Å²) in [5, 5.41) is 8.72. The van der Waals surface area contributed by atoms with Gasteiger partial charge in [0.25, 0.3) is 0 Å². The molecule has 0 unspecified atom stereocenters. The van der Waals surface area contributed by atoms with E-state index in [-0.39, 0.29) is 0 Å². The van der Waals surface area contributed by atoms with Crippen LogP contribution in [0.1, 0.15) is 39.5 Å². The van der Waals surface area contributed by atoms with Crippen molar-refractivity contribution in [1.82, 2.24) is 4.90 Å². The van der Waals surface area contributed by atoms with Crippen LogP contribution in [-0.2, 0) is 9.47 Å². The van der Waals surface area contributed by atoms with Crippen molar-refractivity contribution in [3.05, 3.63) is 0 Å². The molecule has 0 saturated carbocycles. The summed E-state index contributed by atoms with van der Waals surface area (Å²) in [6.45, 7) is 10.6. The molecule has 0 amide bonds. The van der Waals surface area contributed by atoms with Gasteiger partial charge in [0.15, 0.2) is 0 Å². The lowest BCUT2D eigenvalue weighted by molar-refractivity contribution is 0.0820. The summed E-state index contributed by atoms with van der Waals surface area (Å²) in [5.74, 6) is 0. The number of nitrogens with zero attached hydrogens (tertiary/aromatic N) is 1. The molecule has 0 atom stereocenters. The SMILES string of the molecule is CCOCCN(CCCCCCO)CCOCC. The van der Waals surface area contributed by atoms with Gasteiger partial charge < -0.3 is 14.6 Å². The van der Waals surface area contributed by atoms with Crippen LogP contribution in [0, 0.1) is 0 Å². The quantitative estimate of drug-likeness (QED) is 0.485.